The minimum absolute atomic E-state index is 0.168. The molecule has 2 heteroatoms. The summed E-state index contributed by atoms with van der Waals surface area (Å²) in [5.41, 5.74) is 1.79. The number of esters is 1. The van der Waals surface area contributed by atoms with Gasteiger partial charge in [0.15, 0.2) is 0 Å². The molecule has 0 aliphatic heterocycles. The second-order valence-corrected chi connectivity index (χ2v) is 6.33. The highest BCUT2D eigenvalue weighted by atomic mass is 16.5. The van der Waals surface area contributed by atoms with Gasteiger partial charge in [-0.3, -0.25) is 0 Å². The number of benzene rings is 1. The quantitative estimate of drug-likeness (QED) is 0.314. The summed E-state index contributed by atoms with van der Waals surface area (Å²) in [6.07, 6.45) is 13.8. The molecule has 0 atom stereocenters. The van der Waals surface area contributed by atoms with Gasteiger partial charge < -0.3 is 4.74 Å². The summed E-state index contributed by atoms with van der Waals surface area (Å²) in [6, 6.07) is 7.73. The molecule has 0 unspecified atom stereocenters. The molecule has 0 fully saturated rings. The molecule has 0 radical (unpaired) electrons. The van der Waals surface area contributed by atoms with E-state index in [2.05, 4.69) is 13.8 Å². The van der Waals surface area contributed by atoms with E-state index >= 15 is 0 Å². The van der Waals surface area contributed by atoms with Crippen LogP contribution in [-0.4, -0.2) is 12.6 Å². The third-order valence-corrected chi connectivity index (χ3v) is 4.35. The molecule has 0 aliphatic carbocycles. The highest BCUT2D eigenvalue weighted by Gasteiger charge is 2.10. The maximum Gasteiger partial charge on any atom is 0.338 e. The first-order chi connectivity index (χ1) is 11.3. The molecule has 0 amide bonds. The van der Waals surface area contributed by atoms with Gasteiger partial charge in [-0.1, -0.05) is 89.8 Å². The first-order valence-electron chi connectivity index (χ1n) is 9.54. The second kappa shape index (κ2) is 13.2. The third kappa shape index (κ3) is 8.78. The van der Waals surface area contributed by atoms with Crippen molar-refractivity contribution in [1.82, 2.24) is 0 Å². The van der Waals surface area contributed by atoms with Crippen molar-refractivity contribution in [2.75, 3.05) is 6.61 Å². The van der Waals surface area contributed by atoms with Crippen LogP contribution in [0, 0.1) is 0 Å². The van der Waals surface area contributed by atoms with Crippen molar-refractivity contribution >= 4 is 5.97 Å². The van der Waals surface area contributed by atoms with Gasteiger partial charge in [0.05, 0.1) is 12.2 Å². The average Bonchev–Trinajstić information content (AvgIpc) is 2.59. The predicted molar refractivity (Wildman–Crippen MR) is 97.9 cm³/mol. The van der Waals surface area contributed by atoms with Crippen molar-refractivity contribution in [1.29, 1.82) is 0 Å². The molecule has 0 spiro atoms. The fraction of sp³-hybridized carbons (Fsp3) is 0.667. The van der Waals surface area contributed by atoms with Crippen molar-refractivity contribution in [3.8, 4) is 0 Å². The number of unbranched alkanes of at least 4 members (excludes halogenated alkanes) is 9. The van der Waals surface area contributed by atoms with Crippen LogP contribution in [0.1, 0.15) is 94.0 Å². The molecular formula is C21H34O2. The minimum atomic E-state index is -0.168. The van der Waals surface area contributed by atoms with Crippen LogP contribution in [0.5, 0.6) is 0 Å². The molecule has 0 saturated heterocycles. The molecule has 0 aliphatic rings. The van der Waals surface area contributed by atoms with E-state index in [-0.39, 0.29) is 5.97 Å². The Hall–Kier alpha value is -1.31. The first-order valence-corrected chi connectivity index (χ1v) is 9.54. The fourth-order valence-corrected chi connectivity index (χ4v) is 2.86. The Labute approximate surface area is 142 Å². The van der Waals surface area contributed by atoms with E-state index in [0.29, 0.717) is 6.61 Å². The van der Waals surface area contributed by atoms with Gasteiger partial charge in [-0.25, -0.2) is 4.79 Å². The summed E-state index contributed by atoms with van der Waals surface area (Å²) in [6.45, 7) is 4.87. The molecule has 1 aromatic carbocycles. The number of aryl methyl sites for hydroxylation is 1. The van der Waals surface area contributed by atoms with Crippen LogP contribution in [0.25, 0.3) is 0 Å². The van der Waals surface area contributed by atoms with Crippen LogP contribution in [-0.2, 0) is 11.2 Å². The van der Waals surface area contributed by atoms with E-state index in [4.69, 9.17) is 4.74 Å². The van der Waals surface area contributed by atoms with Gasteiger partial charge >= 0.3 is 5.97 Å². The van der Waals surface area contributed by atoms with E-state index in [0.717, 1.165) is 30.4 Å². The Bertz CT molecular complexity index is 426. The number of carbonyl (C=O) groups is 1. The standard InChI is InChI=1S/C21H34O2/c1-3-5-6-7-8-9-10-11-12-15-18-23-21(22)20-17-14-13-16-19(20)4-2/h13-14,16-17H,3-12,15,18H2,1-2H3. The van der Waals surface area contributed by atoms with Gasteiger partial charge in [0.1, 0.15) is 0 Å². The molecule has 0 aromatic heterocycles. The van der Waals surface area contributed by atoms with E-state index < -0.39 is 0 Å². The van der Waals surface area contributed by atoms with Crippen molar-refractivity contribution in [2.45, 2.75) is 84.5 Å². The molecule has 0 saturated carbocycles. The van der Waals surface area contributed by atoms with E-state index in [1.807, 2.05) is 24.3 Å². The molecular weight excluding hydrogens is 284 g/mol. The monoisotopic (exact) mass is 318 g/mol. The SMILES string of the molecule is CCCCCCCCCCCCOC(=O)c1ccccc1CC. The zero-order valence-corrected chi connectivity index (χ0v) is 15.1. The molecule has 0 heterocycles. The van der Waals surface area contributed by atoms with Crippen molar-refractivity contribution < 1.29 is 9.53 Å². The fourth-order valence-electron chi connectivity index (χ4n) is 2.86. The van der Waals surface area contributed by atoms with Gasteiger partial charge in [0, 0.05) is 0 Å². The highest BCUT2D eigenvalue weighted by Crippen LogP contribution is 2.13. The molecule has 1 aromatic rings. The topological polar surface area (TPSA) is 26.3 Å². The maximum absolute atomic E-state index is 12.1. The lowest BCUT2D eigenvalue weighted by Crippen LogP contribution is -2.09. The first kappa shape index (κ1) is 19.7. The van der Waals surface area contributed by atoms with Crippen molar-refractivity contribution in [2.24, 2.45) is 0 Å². The summed E-state index contributed by atoms with van der Waals surface area (Å²) in [5, 5.41) is 0. The summed E-state index contributed by atoms with van der Waals surface area (Å²) in [7, 11) is 0. The Morgan fingerprint density at radius 3 is 2.00 bits per heavy atom. The predicted octanol–water partition coefficient (Wildman–Crippen LogP) is 6.33. The van der Waals surface area contributed by atoms with Crippen LogP contribution in [0.15, 0.2) is 24.3 Å². The second-order valence-electron chi connectivity index (χ2n) is 6.33. The highest BCUT2D eigenvalue weighted by molar-refractivity contribution is 5.91. The molecule has 130 valence electrons. The van der Waals surface area contributed by atoms with E-state index in [1.165, 1.54) is 51.4 Å². The van der Waals surface area contributed by atoms with Gasteiger partial charge in [-0.05, 0) is 24.5 Å². The van der Waals surface area contributed by atoms with Gasteiger partial charge in [0.25, 0.3) is 0 Å². The minimum Gasteiger partial charge on any atom is -0.462 e. The molecule has 23 heavy (non-hydrogen) atoms. The van der Waals surface area contributed by atoms with Gasteiger partial charge in [-0.2, -0.15) is 0 Å². The number of ether oxygens (including phenoxy) is 1. The third-order valence-electron chi connectivity index (χ3n) is 4.35. The Balaban J connectivity index is 2.01. The van der Waals surface area contributed by atoms with Crippen molar-refractivity contribution in [3.63, 3.8) is 0 Å². The summed E-state index contributed by atoms with van der Waals surface area (Å²) >= 11 is 0. The van der Waals surface area contributed by atoms with Crippen LogP contribution in [0.3, 0.4) is 0 Å². The van der Waals surface area contributed by atoms with Crippen LogP contribution >= 0.6 is 0 Å². The number of rotatable bonds is 13. The Morgan fingerprint density at radius 2 is 1.39 bits per heavy atom. The molecule has 0 bridgehead atoms. The Kier molecular flexibility index (Phi) is 11.3. The zero-order valence-electron chi connectivity index (χ0n) is 15.1. The zero-order chi connectivity index (χ0) is 16.8. The lowest BCUT2D eigenvalue weighted by molar-refractivity contribution is 0.0496. The number of hydrogen-bond donors (Lipinski definition) is 0. The smallest absolute Gasteiger partial charge is 0.338 e. The summed E-state index contributed by atoms with van der Waals surface area (Å²) in [5.74, 6) is -0.168. The lowest BCUT2D eigenvalue weighted by Gasteiger charge is -2.08. The average molecular weight is 319 g/mol. The number of hydrogen-bond acceptors (Lipinski definition) is 2. The van der Waals surface area contributed by atoms with Crippen LogP contribution < -0.4 is 0 Å². The molecule has 0 N–H and O–H groups in total. The maximum atomic E-state index is 12.1. The summed E-state index contributed by atoms with van der Waals surface area (Å²) in [4.78, 5) is 12.1. The van der Waals surface area contributed by atoms with Gasteiger partial charge in [0.2, 0.25) is 0 Å². The largest absolute Gasteiger partial charge is 0.462 e. The van der Waals surface area contributed by atoms with Crippen LogP contribution in [0.4, 0.5) is 0 Å². The van der Waals surface area contributed by atoms with E-state index in [1.54, 1.807) is 0 Å². The molecule has 1 rings (SSSR count). The van der Waals surface area contributed by atoms with E-state index in [9.17, 15) is 4.79 Å². The van der Waals surface area contributed by atoms with Gasteiger partial charge in [-0.15, -0.1) is 0 Å². The van der Waals surface area contributed by atoms with Crippen molar-refractivity contribution in [3.05, 3.63) is 35.4 Å². The lowest BCUT2D eigenvalue weighted by atomic mass is 10.1. The molecule has 2 nitrogen and oxygen atoms in total. The normalized spacial score (nSPS) is 10.7. The van der Waals surface area contributed by atoms with Crippen LogP contribution in [0.2, 0.25) is 0 Å². The summed E-state index contributed by atoms with van der Waals surface area (Å²) < 4.78 is 5.40. The Morgan fingerprint density at radius 1 is 0.826 bits per heavy atom. The number of carbonyl (C=O) groups excluding carboxylic acids is 1.